The van der Waals surface area contributed by atoms with Crippen molar-refractivity contribution in [2.24, 2.45) is 5.73 Å². The van der Waals surface area contributed by atoms with Crippen molar-refractivity contribution in [3.8, 4) is 5.75 Å². The molecule has 2 amide bonds. The number of nitrogens with two attached hydrogens (primary N) is 1. The molecule has 0 aliphatic heterocycles. The molecule has 0 aromatic heterocycles. The zero-order chi connectivity index (χ0) is 23.3. The minimum atomic E-state index is -0.192. The number of carbonyl (C=O) groups excluding carboxylic acids is 2. The first-order valence-electron chi connectivity index (χ1n) is 10.9. The van der Waals surface area contributed by atoms with Gasteiger partial charge in [-0.1, -0.05) is 54.6 Å². The van der Waals surface area contributed by atoms with E-state index < -0.39 is 0 Å². The molecule has 0 unspecified atom stereocenters. The molecular formula is C27H29N3O3. The lowest BCUT2D eigenvalue weighted by Gasteiger charge is -2.07. The summed E-state index contributed by atoms with van der Waals surface area (Å²) >= 11 is 0. The van der Waals surface area contributed by atoms with Crippen molar-refractivity contribution in [3.05, 3.63) is 107 Å². The Morgan fingerprint density at radius 1 is 0.848 bits per heavy atom. The first-order valence-corrected chi connectivity index (χ1v) is 10.9. The van der Waals surface area contributed by atoms with E-state index in [9.17, 15) is 9.59 Å². The molecule has 0 spiro atoms. The summed E-state index contributed by atoms with van der Waals surface area (Å²) in [6.07, 6.45) is 4.00. The van der Waals surface area contributed by atoms with Gasteiger partial charge in [0.15, 0.2) is 0 Å². The summed E-state index contributed by atoms with van der Waals surface area (Å²) in [5.41, 5.74) is 8.93. The molecular weight excluding hydrogens is 414 g/mol. The molecule has 0 fully saturated rings. The van der Waals surface area contributed by atoms with E-state index in [1.54, 1.807) is 18.2 Å². The largest absolute Gasteiger partial charge is 0.489 e. The monoisotopic (exact) mass is 443 g/mol. The molecule has 33 heavy (non-hydrogen) atoms. The third-order valence-corrected chi connectivity index (χ3v) is 4.90. The Hall–Kier alpha value is -3.90. The fourth-order valence-corrected chi connectivity index (χ4v) is 3.02. The minimum absolute atomic E-state index is 0.126. The summed E-state index contributed by atoms with van der Waals surface area (Å²) < 4.78 is 5.77. The Kier molecular flexibility index (Phi) is 9.24. The van der Waals surface area contributed by atoms with Crippen LogP contribution in [0.2, 0.25) is 0 Å². The zero-order valence-electron chi connectivity index (χ0n) is 18.5. The number of nitrogens with one attached hydrogen (secondary N) is 2. The van der Waals surface area contributed by atoms with Gasteiger partial charge in [-0.25, -0.2) is 0 Å². The molecule has 0 atom stereocenters. The first-order chi connectivity index (χ1) is 16.1. The predicted octanol–water partition coefficient (Wildman–Crippen LogP) is 3.67. The van der Waals surface area contributed by atoms with Gasteiger partial charge in [0.2, 0.25) is 5.91 Å². The summed E-state index contributed by atoms with van der Waals surface area (Å²) in [5.74, 6) is 0.457. The SMILES string of the molecule is NCCCNC(=O)c1ccc(CNC(=O)/C=C/c2ccc(OCc3ccccc3)cc2)cc1. The van der Waals surface area contributed by atoms with Gasteiger partial charge < -0.3 is 21.1 Å². The van der Waals surface area contributed by atoms with E-state index in [0.717, 1.165) is 28.9 Å². The predicted molar refractivity (Wildman–Crippen MR) is 131 cm³/mol. The van der Waals surface area contributed by atoms with E-state index in [-0.39, 0.29) is 11.8 Å². The summed E-state index contributed by atoms with van der Waals surface area (Å²) in [6, 6.07) is 24.7. The quantitative estimate of drug-likeness (QED) is 0.311. The van der Waals surface area contributed by atoms with Crippen LogP contribution in [0.15, 0.2) is 84.9 Å². The van der Waals surface area contributed by atoms with Gasteiger partial charge in [-0.3, -0.25) is 9.59 Å². The molecule has 0 radical (unpaired) electrons. The smallest absolute Gasteiger partial charge is 0.251 e. The molecule has 6 nitrogen and oxygen atoms in total. The van der Waals surface area contributed by atoms with Gasteiger partial charge in [0.05, 0.1) is 0 Å². The van der Waals surface area contributed by atoms with Crippen LogP contribution in [-0.2, 0) is 17.9 Å². The Morgan fingerprint density at radius 2 is 1.58 bits per heavy atom. The van der Waals surface area contributed by atoms with E-state index in [4.69, 9.17) is 10.5 Å². The van der Waals surface area contributed by atoms with Gasteiger partial charge in [-0.15, -0.1) is 0 Å². The van der Waals surface area contributed by atoms with Crippen LogP contribution >= 0.6 is 0 Å². The fraction of sp³-hybridized carbons (Fsp3) is 0.185. The van der Waals surface area contributed by atoms with Gasteiger partial charge >= 0.3 is 0 Å². The van der Waals surface area contributed by atoms with Gasteiger partial charge in [0, 0.05) is 24.7 Å². The maximum atomic E-state index is 12.1. The molecule has 0 aliphatic rings. The highest BCUT2D eigenvalue weighted by Gasteiger charge is 2.05. The van der Waals surface area contributed by atoms with E-state index in [0.29, 0.717) is 31.8 Å². The molecule has 6 heteroatoms. The van der Waals surface area contributed by atoms with Crippen molar-refractivity contribution < 1.29 is 14.3 Å². The van der Waals surface area contributed by atoms with Gasteiger partial charge in [-0.05, 0) is 60.0 Å². The van der Waals surface area contributed by atoms with Crippen LogP contribution in [0.4, 0.5) is 0 Å². The number of amides is 2. The van der Waals surface area contributed by atoms with Crippen LogP contribution in [0.3, 0.4) is 0 Å². The minimum Gasteiger partial charge on any atom is -0.489 e. The number of benzene rings is 3. The second-order valence-electron chi connectivity index (χ2n) is 7.49. The average Bonchev–Trinajstić information content (AvgIpc) is 2.86. The van der Waals surface area contributed by atoms with Crippen LogP contribution in [0.1, 0.15) is 33.5 Å². The van der Waals surface area contributed by atoms with Crippen molar-refractivity contribution in [1.29, 1.82) is 0 Å². The summed E-state index contributed by atoms with van der Waals surface area (Å²) in [5, 5.41) is 5.66. The third kappa shape index (κ3) is 8.27. The van der Waals surface area contributed by atoms with E-state index >= 15 is 0 Å². The van der Waals surface area contributed by atoms with Crippen LogP contribution in [0.25, 0.3) is 6.08 Å². The van der Waals surface area contributed by atoms with Crippen molar-refractivity contribution in [3.63, 3.8) is 0 Å². The lowest BCUT2D eigenvalue weighted by molar-refractivity contribution is -0.116. The molecule has 0 saturated heterocycles. The maximum absolute atomic E-state index is 12.1. The Balaban J connectivity index is 1.42. The highest BCUT2D eigenvalue weighted by molar-refractivity contribution is 5.94. The molecule has 4 N–H and O–H groups in total. The Labute approximate surface area is 194 Å². The molecule has 0 bridgehead atoms. The molecule has 0 aliphatic carbocycles. The summed E-state index contributed by atoms with van der Waals surface area (Å²) in [7, 11) is 0. The van der Waals surface area contributed by atoms with Crippen LogP contribution < -0.4 is 21.1 Å². The lowest BCUT2D eigenvalue weighted by atomic mass is 10.1. The van der Waals surface area contributed by atoms with Crippen molar-refractivity contribution >= 4 is 17.9 Å². The number of ether oxygens (including phenoxy) is 1. The second kappa shape index (κ2) is 12.8. The van der Waals surface area contributed by atoms with Gasteiger partial charge in [-0.2, -0.15) is 0 Å². The molecule has 170 valence electrons. The number of hydrogen-bond acceptors (Lipinski definition) is 4. The van der Waals surface area contributed by atoms with Crippen LogP contribution in [-0.4, -0.2) is 24.9 Å². The van der Waals surface area contributed by atoms with Gasteiger partial charge in [0.25, 0.3) is 5.91 Å². The Bertz CT molecular complexity index is 1050. The third-order valence-electron chi connectivity index (χ3n) is 4.90. The maximum Gasteiger partial charge on any atom is 0.251 e. The first kappa shape index (κ1) is 23.8. The van der Waals surface area contributed by atoms with Crippen molar-refractivity contribution in [2.45, 2.75) is 19.6 Å². The topological polar surface area (TPSA) is 93.5 Å². The number of carbonyl (C=O) groups is 2. The van der Waals surface area contributed by atoms with E-state index in [2.05, 4.69) is 10.6 Å². The van der Waals surface area contributed by atoms with Gasteiger partial charge in [0.1, 0.15) is 12.4 Å². The lowest BCUT2D eigenvalue weighted by Crippen LogP contribution is -2.26. The summed E-state index contributed by atoms with van der Waals surface area (Å²) in [6.45, 7) is 1.99. The number of hydrogen-bond donors (Lipinski definition) is 3. The Morgan fingerprint density at radius 3 is 2.27 bits per heavy atom. The standard InChI is InChI=1S/C27H29N3O3/c28-17-4-18-29-27(32)24-12-7-22(8-13-24)19-30-26(31)16-11-21-9-14-25(15-10-21)33-20-23-5-2-1-3-6-23/h1-3,5-16H,4,17-20,28H2,(H,29,32)(H,30,31)/b16-11+. The average molecular weight is 444 g/mol. The second-order valence-corrected chi connectivity index (χ2v) is 7.49. The summed E-state index contributed by atoms with van der Waals surface area (Å²) in [4.78, 5) is 24.1. The number of rotatable bonds is 11. The molecule has 3 rings (SSSR count). The van der Waals surface area contributed by atoms with Crippen LogP contribution in [0, 0.1) is 0 Å². The normalized spacial score (nSPS) is 10.7. The van der Waals surface area contributed by atoms with E-state index in [1.165, 1.54) is 6.08 Å². The van der Waals surface area contributed by atoms with Crippen molar-refractivity contribution in [1.82, 2.24) is 10.6 Å². The van der Waals surface area contributed by atoms with E-state index in [1.807, 2.05) is 66.7 Å². The van der Waals surface area contributed by atoms with Crippen molar-refractivity contribution in [2.75, 3.05) is 13.1 Å². The van der Waals surface area contributed by atoms with Crippen LogP contribution in [0.5, 0.6) is 5.75 Å². The zero-order valence-corrected chi connectivity index (χ0v) is 18.5. The highest BCUT2D eigenvalue weighted by Crippen LogP contribution is 2.15. The molecule has 3 aromatic carbocycles. The fourth-order valence-electron chi connectivity index (χ4n) is 3.02. The molecule has 3 aromatic rings. The molecule has 0 heterocycles. The highest BCUT2D eigenvalue weighted by atomic mass is 16.5. The molecule has 0 saturated carbocycles.